The molecule has 5 nitrogen and oxygen atoms in total. The van der Waals surface area contributed by atoms with Crippen LogP contribution in [0.3, 0.4) is 0 Å². The van der Waals surface area contributed by atoms with Crippen molar-refractivity contribution in [1.29, 1.82) is 0 Å². The van der Waals surface area contributed by atoms with Crippen LogP contribution in [0.1, 0.15) is 93.5 Å². The Morgan fingerprint density at radius 2 is 1.62 bits per heavy atom. The zero-order valence-corrected chi connectivity index (χ0v) is 20.8. The maximum absolute atomic E-state index is 13.4. The number of ether oxygens (including phenoxy) is 1. The van der Waals surface area contributed by atoms with E-state index in [0.717, 1.165) is 42.6 Å². The molecule has 4 rings (SSSR count). The molecule has 1 N–H and O–H groups in total. The highest BCUT2D eigenvalue weighted by Crippen LogP contribution is 2.44. The summed E-state index contributed by atoms with van der Waals surface area (Å²) in [6, 6.07) is 12.9. The van der Waals surface area contributed by atoms with Crippen molar-refractivity contribution in [2.75, 3.05) is 7.11 Å². The average Bonchev–Trinajstić information content (AvgIpc) is 3.45. The molecule has 34 heavy (non-hydrogen) atoms. The summed E-state index contributed by atoms with van der Waals surface area (Å²) in [5.41, 5.74) is 3.69. The van der Waals surface area contributed by atoms with Gasteiger partial charge in [0.15, 0.2) is 0 Å². The summed E-state index contributed by atoms with van der Waals surface area (Å²) in [4.78, 5) is 28.4. The van der Waals surface area contributed by atoms with E-state index >= 15 is 0 Å². The van der Waals surface area contributed by atoms with Gasteiger partial charge in [0.05, 0.1) is 18.7 Å². The quantitative estimate of drug-likeness (QED) is 0.311. The van der Waals surface area contributed by atoms with Crippen LogP contribution >= 0.6 is 0 Å². The van der Waals surface area contributed by atoms with Crippen LogP contribution in [0.5, 0.6) is 5.75 Å². The number of rotatable bonds is 6. The Labute approximate surface area is 202 Å². The first kappa shape index (κ1) is 24.1. The number of carbonyl (C=O) groups is 2. The van der Waals surface area contributed by atoms with Crippen molar-refractivity contribution in [3.63, 3.8) is 0 Å². The van der Waals surface area contributed by atoms with E-state index in [0.29, 0.717) is 11.5 Å². The molecule has 5 heteroatoms. The lowest BCUT2D eigenvalue weighted by molar-refractivity contribution is -0.141. The Bertz CT molecular complexity index is 1110. The molecule has 1 aliphatic carbocycles. The molecule has 1 heterocycles. The van der Waals surface area contributed by atoms with Crippen LogP contribution < -0.4 is 4.74 Å². The molecule has 180 valence electrons. The van der Waals surface area contributed by atoms with Gasteiger partial charge in [-0.1, -0.05) is 64.8 Å². The molecular formula is C29H35NO4. The van der Waals surface area contributed by atoms with Crippen LogP contribution in [0.25, 0.3) is 5.76 Å². The number of ketones is 1. The van der Waals surface area contributed by atoms with Gasteiger partial charge in [-0.25, -0.2) is 0 Å². The molecule has 2 fully saturated rings. The topological polar surface area (TPSA) is 66.8 Å². The molecule has 2 aromatic carbocycles. The van der Waals surface area contributed by atoms with E-state index in [1.165, 1.54) is 5.56 Å². The highest BCUT2D eigenvalue weighted by Gasteiger charge is 2.49. The highest BCUT2D eigenvalue weighted by atomic mass is 16.5. The summed E-state index contributed by atoms with van der Waals surface area (Å²) < 4.78 is 5.48. The molecular weight excluding hydrogens is 426 g/mol. The van der Waals surface area contributed by atoms with E-state index < -0.39 is 17.7 Å². The minimum absolute atomic E-state index is 0.0126. The molecule has 0 aromatic heterocycles. The molecule has 0 bridgehead atoms. The largest absolute Gasteiger partial charge is 0.507 e. The number of hydrogen-bond acceptors (Lipinski definition) is 4. The lowest BCUT2D eigenvalue weighted by atomic mass is 9.91. The smallest absolute Gasteiger partial charge is 0.295 e. The summed E-state index contributed by atoms with van der Waals surface area (Å²) in [5.74, 6) is 0.0420. The van der Waals surface area contributed by atoms with Crippen molar-refractivity contribution in [3.05, 3.63) is 70.3 Å². The lowest BCUT2D eigenvalue weighted by Crippen LogP contribution is -2.37. The predicted molar refractivity (Wildman–Crippen MR) is 134 cm³/mol. The van der Waals surface area contributed by atoms with E-state index in [1.54, 1.807) is 18.1 Å². The molecule has 0 radical (unpaired) electrons. The molecule has 2 aliphatic rings. The third-order valence-electron chi connectivity index (χ3n) is 7.24. The van der Waals surface area contributed by atoms with Crippen LogP contribution in [-0.2, 0) is 9.59 Å². The standard InChI is InChI=1S/C29H35NO4/c1-17(2)19-10-12-20(13-11-19)26-25(28(32)29(33)30(26)22-8-6-7-9-22)27(31)21-14-15-24(34-5)23(16-21)18(3)4/h10-18,22,26,31H,6-9H2,1-5H3/b27-25-. The SMILES string of the molecule is COc1ccc(/C(O)=C2/C(=O)C(=O)N(C3CCCC3)C2c2ccc(C(C)C)cc2)cc1C(C)C. The van der Waals surface area contributed by atoms with Crippen LogP contribution in [0, 0.1) is 0 Å². The van der Waals surface area contributed by atoms with Crippen LogP contribution in [-0.4, -0.2) is 34.8 Å². The summed E-state index contributed by atoms with van der Waals surface area (Å²) >= 11 is 0. The van der Waals surface area contributed by atoms with Crippen LogP contribution in [0.4, 0.5) is 0 Å². The molecule has 1 saturated carbocycles. The number of amides is 1. The van der Waals surface area contributed by atoms with Crippen molar-refractivity contribution in [3.8, 4) is 5.75 Å². The zero-order chi connectivity index (χ0) is 24.6. The molecule has 1 amide bonds. The van der Waals surface area contributed by atoms with Crippen LogP contribution in [0.2, 0.25) is 0 Å². The maximum atomic E-state index is 13.4. The first-order chi connectivity index (χ1) is 16.2. The van der Waals surface area contributed by atoms with Crippen molar-refractivity contribution in [2.24, 2.45) is 0 Å². The van der Waals surface area contributed by atoms with E-state index in [9.17, 15) is 14.7 Å². The Balaban J connectivity index is 1.87. The monoisotopic (exact) mass is 461 g/mol. The predicted octanol–water partition coefficient (Wildman–Crippen LogP) is 6.31. The zero-order valence-electron chi connectivity index (χ0n) is 20.8. The number of nitrogens with zero attached hydrogens (tertiary/aromatic N) is 1. The number of benzene rings is 2. The van der Waals surface area contributed by atoms with E-state index in [1.807, 2.05) is 24.3 Å². The molecule has 1 saturated heterocycles. The number of aliphatic hydroxyl groups is 1. The minimum atomic E-state index is -0.607. The number of likely N-dealkylation sites (tertiary alicyclic amines) is 1. The van der Waals surface area contributed by atoms with E-state index in [-0.39, 0.29) is 23.3 Å². The normalized spacial score (nSPS) is 20.7. The molecule has 2 aromatic rings. The first-order valence-corrected chi connectivity index (χ1v) is 12.3. The maximum Gasteiger partial charge on any atom is 0.295 e. The van der Waals surface area contributed by atoms with Gasteiger partial charge in [0, 0.05) is 11.6 Å². The Morgan fingerprint density at radius 1 is 0.971 bits per heavy atom. The summed E-state index contributed by atoms with van der Waals surface area (Å²) in [5, 5.41) is 11.5. The summed E-state index contributed by atoms with van der Waals surface area (Å²) in [6.45, 7) is 8.37. The van der Waals surface area contributed by atoms with Gasteiger partial charge in [-0.3, -0.25) is 9.59 Å². The van der Waals surface area contributed by atoms with Crippen LogP contribution in [0.15, 0.2) is 48.0 Å². The van der Waals surface area contributed by atoms with Crippen molar-refractivity contribution < 1.29 is 19.4 Å². The third kappa shape index (κ3) is 4.24. The summed E-state index contributed by atoms with van der Waals surface area (Å²) in [7, 11) is 1.62. The van der Waals surface area contributed by atoms with E-state index in [2.05, 4.69) is 39.8 Å². The van der Waals surface area contributed by atoms with Gasteiger partial charge in [-0.15, -0.1) is 0 Å². The van der Waals surface area contributed by atoms with Gasteiger partial charge in [-0.05, 0) is 59.6 Å². The van der Waals surface area contributed by atoms with Gasteiger partial charge < -0.3 is 14.7 Å². The van der Waals surface area contributed by atoms with Gasteiger partial charge in [0.1, 0.15) is 11.5 Å². The highest BCUT2D eigenvalue weighted by molar-refractivity contribution is 6.46. The average molecular weight is 462 g/mol. The van der Waals surface area contributed by atoms with Gasteiger partial charge in [0.25, 0.3) is 11.7 Å². The molecule has 0 spiro atoms. The fraction of sp³-hybridized carbons (Fsp3) is 0.448. The minimum Gasteiger partial charge on any atom is -0.507 e. The third-order valence-corrected chi connectivity index (χ3v) is 7.24. The second-order valence-electron chi connectivity index (χ2n) is 10.1. The number of carbonyl (C=O) groups excluding carboxylic acids is 2. The van der Waals surface area contributed by atoms with Crippen molar-refractivity contribution in [2.45, 2.75) is 77.3 Å². The summed E-state index contributed by atoms with van der Waals surface area (Å²) in [6.07, 6.45) is 3.85. The Kier molecular flexibility index (Phi) is 6.83. The number of aliphatic hydroxyl groups excluding tert-OH is 1. The number of hydrogen-bond donors (Lipinski definition) is 1. The van der Waals surface area contributed by atoms with Crippen molar-refractivity contribution in [1.82, 2.24) is 4.90 Å². The second-order valence-corrected chi connectivity index (χ2v) is 10.1. The molecule has 1 atom stereocenters. The molecule has 1 unspecified atom stereocenters. The number of Topliss-reactive ketones (excluding diaryl/α,β-unsaturated/α-hetero) is 1. The van der Waals surface area contributed by atoms with E-state index in [4.69, 9.17) is 4.74 Å². The fourth-order valence-electron chi connectivity index (χ4n) is 5.29. The van der Waals surface area contributed by atoms with Gasteiger partial charge in [0.2, 0.25) is 0 Å². The van der Waals surface area contributed by atoms with Gasteiger partial charge in [-0.2, -0.15) is 0 Å². The second kappa shape index (κ2) is 9.65. The lowest BCUT2D eigenvalue weighted by Gasteiger charge is -2.31. The van der Waals surface area contributed by atoms with Gasteiger partial charge >= 0.3 is 0 Å². The Hall–Kier alpha value is -3.08. The molecule has 1 aliphatic heterocycles. The van der Waals surface area contributed by atoms with Crippen molar-refractivity contribution >= 4 is 17.4 Å². The first-order valence-electron chi connectivity index (χ1n) is 12.3. The number of methoxy groups -OCH3 is 1. The Morgan fingerprint density at radius 3 is 2.18 bits per heavy atom. The fourth-order valence-corrected chi connectivity index (χ4v) is 5.29.